The van der Waals surface area contributed by atoms with Crippen molar-refractivity contribution in [3.05, 3.63) is 108 Å². The summed E-state index contributed by atoms with van der Waals surface area (Å²) in [5.74, 6) is 0.579. The number of anilines is 2. The number of carbonyl (C=O) groups excluding carboxylic acids is 2. The maximum Gasteiger partial charge on any atom is 0.255 e. The van der Waals surface area contributed by atoms with Crippen LogP contribution in [0.4, 0.5) is 11.4 Å². The number of pyridine rings is 1. The van der Waals surface area contributed by atoms with Gasteiger partial charge in [-0.05, 0) is 54.1 Å². The van der Waals surface area contributed by atoms with E-state index in [-0.39, 0.29) is 11.8 Å². The number of hydrogen-bond donors (Lipinski definition) is 2. The molecular weight excluding hydrogens is 474 g/mol. The van der Waals surface area contributed by atoms with E-state index < -0.39 is 5.25 Å². The van der Waals surface area contributed by atoms with Gasteiger partial charge in [0.05, 0.1) is 14.2 Å². The average molecular weight is 500 g/mol. The van der Waals surface area contributed by atoms with E-state index in [9.17, 15) is 9.59 Å². The van der Waals surface area contributed by atoms with Crippen LogP contribution in [0.25, 0.3) is 0 Å². The number of hydrogen-bond acceptors (Lipinski definition) is 6. The fourth-order valence-corrected chi connectivity index (χ4v) is 4.59. The highest BCUT2D eigenvalue weighted by Gasteiger charge is 2.22. The molecular formula is C28H25N3O4S. The molecule has 0 spiro atoms. The zero-order valence-corrected chi connectivity index (χ0v) is 20.6. The second-order valence-electron chi connectivity index (χ2n) is 7.69. The van der Waals surface area contributed by atoms with Gasteiger partial charge in [-0.25, -0.2) is 0 Å². The molecule has 1 unspecified atom stereocenters. The molecule has 0 aliphatic rings. The van der Waals surface area contributed by atoms with Gasteiger partial charge < -0.3 is 20.1 Å². The average Bonchev–Trinajstić information content (AvgIpc) is 2.92. The van der Waals surface area contributed by atoms with Crippen molar-refractivity contribution < 1.29 is 19.1 Å². The van der Waals surface area contributed by atoms with Gasteiger partial charge in [0.15, 0.2) is 11.5 Å². The van der Waals surface area contributed by atoms with Gasteiger partial charge in [0.25, 0.3) is 5.91 Å². The summed E-state index contributed by atoms with van der Waals surface area (Å²) in [4.78, 5) is 30.9. The Balaban J connectivity index is 1.53. The summed E-state index contributed by atoms with van der Waals surface area (Å²) in [5, 5.41) is 5.37. The van der Waals surface area contributed by atoms with E-state index in [1.165, 1.54) is 18.9 Å². The van der Waals surface area contributed by atoms with Gasteiger partial charge in [0.1, 0.15) is 5.25 Å². The molecule has 7 nitrogen and oxygen atoms in total. The number of thioether (sulfide) groups is 1. The van der Waals surface area contributed by atoms with Crippen LogP contribution in [0.3, 0.4) is 0 Å². The lowest BCUT2D eigenvalue weighted by molar-refractivity contribution is -0.115. The molecule has 1 atom stereocenters. The molecule has 36 heavy (non-hydrogen) atoms. The first-order valence-electron chi connectivity index (χ1n) is 11.1. The highest BCUT2D eigenvalue weighted by molar-refractivity contribution is 8.00. The highest BCUT2D eigenvalue weighted by Crippen LogP contribution is 2.37. The van der Waals surface area contributed by atoms with Crippen molar-refractivity contribution in [3.8, 4) is 11.5 Å². The third-order valence-electron chi connectivity index (χ3n) is 5.28. The van der Waals surface area contributed by atoms with Gasteiger partial charge in [-0.1, -0.05) is 36.4 Å². The molecule has 182 valence electrons. The van der Waals surface area contributed by atoms with Crippen LogP contribution in [0.2, 0.25) is 0 Å². The number of carbonyl (C=O) groups is 2. The standard InChI is InChI=1S/C28H25N3O4S/c1-34-24-12-11-20(17-25(24)35-2)27(32)31-22-9-6-10-23(18-22)36-26(19-7-4-3-5-8-19)28(33)30-21-13-15-29-16-14-21/h3-18,26H,1-2H3,(H,31,32)(H,29,30,33). The van der Waals surface area contributed by atoms with Gasteiger partial charge >= 0.3 is 0 Å². The third-order valence-corrected chi connectivity index (χ3v) is 6.53. The molecule has 0 fully saturated rings. The predicted molar refractivity (Wildman–Crippen MR) is 142 cm³/mol. The Morgan fingerprint density at radius 2 is 1.53 bits per heavy atom. The minimum Gasteiger partial charge on any atom is -0.493 e. The van der Waals surface area contributed by atoms with Gasteiger partial charge in [-0.15, -0.1) is 11.8 Å². The van der Waals surface area contributed by atoms with E-state index in [0.717, 1.165) is 10.5 Å². The normalized spacial score (nSPS) is 11.3. The van der Waals surface area contributed by atoms with Gasteiger partial charge in [0.2, 0.25) is 5.91 Å². The van der Waals surface area contributed by atoms with Crippen LogP contribution in [-0.4, -0.2) is 31.0 Å². The minimum absolute atomic E-state index is 0.155. The lowest BCUT2D eigenvalue weighted by Gasteiger charge is -2.17. The van der Waals surface area contributed by atoms with Crippen LogP contribution >= 0.6 is 11.8 Å². The number of ether oxygens (including phenoxy) is 2. The number of nitrogens with zero attached hydrogens (tertiary/aromatic N) is 1. The van der Waals surface area contributed by atoms with Crippen molar-refractivity contribution in [2.45, 2.75) is 10.1 Å². The topological polar surface area (TPSA) is 89.5 Å². The summed E-state index contributed by atoms with van der Waals surface area (Å²) >= 11 is 1.40. The molecule has 1 heterocycles. The van der Waals surface area contributed by atoms with Crippen molar-refractivity contribution in [2.24, 2.45) is 0 Å². The Bertz CT molecular complexity index is 1330. The maximum absolute atomic E-state index is 13.2. The van der Waals surface area contributed by atoms with E-state index in [2.05, 4.69) is 15.6 Å². The molecule has 0 aliphatic carbocycles. The maximum atomic E-state index is 13.2. The van der Waals surface area contributed by atoms with Crippen molar-refractivity contribution in [3.63, 3.8) is 0 Å². The predicted octanol–water partition coefficient (Wildman–Crippen LogP) is 5.82. The molecule has 0 radical (unpaired) electrons. The summed E-state index contributed by atoms with van der Waals surface area (Å²) < 4.78 is 10.5. The second kappa shape index (κ2) is 11.9. The van der Waals surface area contributed by atoms with E-state index in [0.29, 0.717) is 28.4 Å². The van der Waals surface area contributed by atoms with Crippen molar-refractivity contribution in [2.75, 3.05) is 24.9 Å². The van der Waals surface area contributed by atoms with Crippen molar-refractivity contribution >= 4 is 35.0 Å². The van der Waals surface area contributed by atoms with Crippen LogP contribution in [0.5, 0.6) is 11.5 Å². The minimum atomic E-state index is -0.504. The largest absolute Gasteiger partial charge is 0.493 e. The molecule has 0 bridgehead atoms. The number of amides is 2. The van der Waals surface area contributed by atoms with Crippen LogP contribution in [-0.2, 0) is 4.79 Å². The Kier molecular flexibility index (Phi) is 8.20. The first-order chi connectivity index (χ1) is 17.6. The van der Waals surface area contributed by atoms with E-state index in [4.69, 9.17) is 9.47 Å². The number of benzene rings is 3. The smallest absolute Gasteiger partial charge is 0.255 e. The number of nitrogens with one attached hydrogen (secondary N) is 2. The van der Waals surface area contributed by atoms with E-state index in [1.807, 2.05) is 48.5 Å². The van der Waals surface area contributed by atoms with Crippen molar-refractivity contribution in [1.82, 2.24) is 4.98 Å². The molecule has 8 heteroatoms. The van der Waals surface area contributed by atoms with Crippen molar-refractivity contribution in [1.29, 1.82) is 0 Å². The quantitative estimate of drug-likeness (QED) is 0.282. The summed E-state index contributed by atoms with van der Waals surface area (Å²) in [5.41, 5.74) is 2.59. The summed E-state index contributed by atoms with van der Waals surface area (Å²) in [6.45, 7) is 0. The monoisotopic (exact) mass is 499 g/mol. The zero-order valence-electron chi connectivity index (χ0n) is 19.8. The molecule has 3 aromatic carbocycles. The SMILES string of the molecule is COc1ccc(C(=O)Nc2cccc(SC(C(=O)Nc3ccncc3)c3ccccc3)c2)cc1OC. The Morgan fingerprint density at radius 1 is 0.778 bits per heavy atom. The highest BCUT2D eigenvalue weighted by atomic mass is 32.2. The van der Waals surface area contributed by atoms with Crippen LogP contribution in [0.1, 0.15) is 21.2 Å². The fourth-order valence-electron chi connectivity index (χ4n) is 3.51. The van der Waals surface area contributed by atoms with Crippen LogP contribution < -0.4 is 20.1 Å². The second-order valence-corrected chi connectivity index (χ2v) is 8.86. The Labute approximate surface area is 213 Å². The van der Waals surface area contributed by atoms with E-state index >= 15 is 0 Å². The molecule has 2 amide bonds. The zero-order chi connectivity index (χ0) is 25.3. The number of rotatable bonds is 9. The Hall–Kier alpha value is -4.30. The molecule has 0 saturated heterocycles. The van der Waals surface area contributed by atoms with Crippen LogP contribution in [0.15, 0.2) is 102 Å². The first kappa shape index (κ1) is 24.8. The number of aromatic nitrogens is 1. The fraction of sp³-hybridized carbons (Fsp3) is 0.107. The third kappa shape index (κ3) is 6.22. The number of methoxy groups -OCH3 is 2. The lowest BCUT2D eigenvalue weighted by Crippen LogP contribution is -2.19. The first-order valence-corrected chi connectivity index (χ1v) is 12.0. The van der Waals surface area contributed by atoms with Crippen LogP contribution in [0, 0.1) is 0 Å². The summed E-state index contributed by atoms with van der Waals surface area (Å²) in [6, 6.07) is 25.4. The molecule has 0 saturated carbocycles. The van der Waals surface area contributed by atoms with Gasteiger partial charge in [-0.2, -0.15) is 0 Å². The molecule has 4 aromatic rings. The summed E-state index contributed by atoms with van der Waals surface area (Å²) in [6.07, 6.45) is 3.26. The summed E-state index contributed by atoms with van der Waals surface area (Å²) in [7, 11) is 3.06. The molecule has 4 rings (SSSR count). The van der Waals surface area contributed by atoms with E-state index in [1.54, 1.807) is 55.9 Å². The molecule has 2 N–H and O–H groups in total. The Morgan fingerprint density at radius 3 is 2.25 bits per heavy atom. The lowest BCUT2D eigenvalue weighted by atomic mass is 10.1. The molecule has 1 aromatic heterocycles. The van der Waals surface area contributed by atoms with Gasteiger partial charge in [0, 0.05) is 34.2 Å². The van der Waals surface area contributed by atoms with Gasteiger partial charge in [-0.3, -0.25) is 14.6 Å². The molecule has 0 aliphatic heterocycles.